The molecule has 0 aliphatic carbocycles. The molecule has 1 aliphatic rings. The van der Waals surface area contributed by atoms with E-state index in [1.165, 1.54) is 7.11 Å². The van der Waals surface area contributed by atoms with Gasteiger partial charge in [-0.25, -0.2) is 4.79 Å². The van der Waals surface area contributed by atoms with E-state index in [2.05, 4.69) is 0 Å². The van der Waals surface area contributed by atoms with Gasteiger partial charge in [0.1, 0.15) is 29.1 Å². The highest BCUT2D eigenvalue weighted by atomic mass is 31.2. The smallest absolute Gasteiger partial charge is 0.350 e. The predicted octanol–water partition coefficient (Wildman–Crippen LogP) is 3.66. The first-order valence-electron chi connectivity index (χ1n) is 9.75. The number of allylic oxidation sites excluding steroid dienone is 1. The second kappa shape index (κ2) is 9.24. The summed E-state index contributed by atoms with van der Waals surface area (Å²) in [5.74, 6) is -0.220. The summed E-state index contributed by atoms with van der Waals surface area (Å²) in [7, 11) is -5.15. The molecule has 0 spiro atoms. The molecule has 1 heterocycles. The number of rotatable bonds is 9. The van der Waals surface area contributed by atoms with Gasteiger partial charge < -0.3 is 29.1 Å². The van der Waals surface area contributed by atoms with Crippen molar-refractivity contribution in [3.05, 3.63) is 33.9 Å². The maximum Gasteiger partial charge on any atom is 0.350 e. The number of hydrogen-bond donors (Lipinski definition) is 3. The molecule has 1 aromatic rings. The highest BCUT2D eigenvalue weighted by Gasteiger charge is 2.41. The van der Waals surface area contributed by atoms with E-state index >= 15 is 0 Å². The van der Waals surface area contributed by atoms with Gasteiger partial charge in [-0.15, -0.1) is 0 Å². The van der Waals surface area contributed by atoms with E-state index in [1.807, 2.05) is 39.6 Å². The first-order chi connectivity index (χ1) is 13.8. The summed E-state index contributed by atoms with van der Waals surface area (Å²) in [5.41, 5.74) is 1.74. The molecule has 0 fully saturated rings. The Hall–Kier alpha value is -1.64. The number of phenolic OH excluding ortho intramolecular Hbond substituents is 1. The summed E-state index contributed by atoms with van der Waals surface area (Å²) in [6, 6.07) is 0. The number of fused-ring (bicyclic) bond motifs is 1. The lowest BCUT2D eigenvalue weighted by atomic mass is 9.95. The van der Waals surface area contributed by atoms with Crippen LogP contribution in [0.4, 0.5) is 0 Å². The highest BCUT2D eigenvalue weighted by molar-refractivity contribution is 7.55. The zero-order valence-corrected chi connectivity index (χ0v) is 20.2. The maximum atomic E-state index is 12.0. The third kappa shape index (κ3) is 5.15. The average Bonchev–Trinajstić information content (AvgIpc) is 3.01. The number of hydrogen-bond acceptors (Lipinski definition) is 6. The van der Waals surface area contributed by atoms with E-state index < -0.39 is 27.1 Å². The first kappa shape index (κ1) is 24.6. The number of methoxy groups -OCH3 is 1. The van der Waals surface area contributed by atoms with Gasteiger partial charge in [-0.2, -0.15) is 0 Å². The maximum absolute atomic E-state index is 12.0. The van der Waals surface area contributed by atoms with Crippen LogP contribution in [0, 0.1) is 6.92 Å². The van der Waals surface area contributed by atoms with Crippen molar-refractivity contribution in [1.82, 2.24) is 0 Å². The number of benzene rings is 1. The van der Waals surface area contributed by atoms with Gasteiger partial charge in [-0.1, -0.05) is 32.6 Å². The number of esters is 1. The number of phenols is 1. The normalized spacial score (nSPS) is 15.7. The van der Waals surface area contributed by atoms with Gasteiger partial charge in [0.05, 0.1) is 21.8 Å². The van der Waals surface area contributed by atoms with E-state index in [9.17, 15) is 24.3 Å². The number of carbonyl (C=O) groups excluding carboxylic acids is 1. The van der Waals surface area contributed by atoms with Crippen LogP contribution in [0.3, 0.4) is 0 Å². The van der Waals surface area contributed by atoms with Crippen LogP contribution in [0.1, 0.15) is 40.4 Å². The molecule has 0 radical (unpaired) electrons. The molecule has 10 heteroatoms. The summed E-state index contributed by atoms with van der Waals surface area (Å²) in [6.07, 6.45) is 2.72. The van der Waals surface area contributed by atoms with Crippen molar-refractivity contribution in [2.45, 2.75) is 58.4 Å². The van der Waals surface area contributed by atoms with Crippen LogP contribution in [0.25, 0.3) is 0 Å². The summed E-state index contributed by atoms with van der Waals surface area (Å²) in [5, 5.41) is 10.7. The van der Waals surface area contributed by atoms with Gasteiger partial charge in [0.15, 0.2) is 0 Å². The van der Waals surface area contributed by atoms with E-state index in [-0.39, 0.29) is 30.9 Å². The summed E-state index contributed by atoms with van der Waals surface area (Å²) in [6.45, 7) is 9.46. The Morgan fingerprint density at radius 2 is 1.97 bits per heavy atom. The molecule has 0 bridgehead atoms. The fourth-order valence-electron chi connectivity index (χ4n) is 3.62. The average molecular weight is 459 g/mol. The minimum Gasteiger partial charge on any atom is -0.507 e. The van der Waals surface area contributed by atoms with Gasteiger partial charge in [-0.3, -0.25) is 4.57 Å². The van der Waals surface area contributed by atoms with Crippen LogP contribution in [-0.4, -0.2) is 48.1 Å². The molecule has 3 N–H and O–H groups in total. The molecule has 1 unspecified atom stereocenters. The van der Waals surface area contributed by atoms with Crippen molar-refractivity contribution in [3.63, 3.8) is 0 Å². The van der Waals surface area contributed by atoms with Crippen molar-refractivity contribution < 1.29 is 38.5 Å². The third-order valence-corrected chi connectivity index (χ3v) is 10.9. The quantitative estimate of drug-likeness (QED) is 0.222. The Morgan fingerprint density at radius 3 is 2.47 bits per heavy atom. The van der Waals surface area contributed by atoms with Gasteiger partial charge >= 0.3 is 13.6 Å². The monoisotopic (exact) mass is 458 g/mol. The molecule has 0 saturated carbocycles. The van der Waals surface area contributed by atoms with Gasteiger partial charge in [0.2, 0.25) is 0 Å². The summed E-state index contributed by atoms with van der Waals surface area (Å²) < 4.78 is 28.1. The zero-order chi connectivity index (χ0) is 22.9. The van der Waals surface area contributed by atoms with E-state index in [0.717, 1.165) is 11.1 Å². The van der Waals surface area contributed by atoms with Gasteiger partial charge in [0, 0.05) is 11.1 Å². The van der Waals surface area contributed by atoms with Crippen LogP contribution < -0.4 is 4.74 Å². The largest absolute Gasteiger partial charge is 0.507 e. The SMILES string of the molecule is CCC(=CCc1c(O)c2c(c(C)c1OC)COC2=O)COC([Si](C)(C)C)P(=O)(O)O. The molecule has 0 aromatic heterocycles. The zero-order valence-electron chi connectivity index (χ0n) is 18.3. The highest BCUT2D eigenvalue weighted by Crippen LogP contribution is 2.46. The van der Waals surface area contributed by atoms with Crippen LogP contribution >= 0.6 is 7.60 Å². The van der Waals surface area contributed by atoms with Crippen molar-refractivity contribution in [2.24, 2.45) is 0 Å². The molecule has 0 amide bonds. The fourth-order valence-corrected chi connectivity index (χ4v) is 8.51. The molecule has 168 valence electrons. The van der Waals surface area contributed by atoms with Gasteiger partial charge in [0.25, 0.3) is 0 Å². The van der Waals surface area contributed by atoms with Crippen LogP contribution in [0.5, 0.6) is 11.5 Å². The minimum atomic E-state index is -4.38. The number of carbonyl (C=O) groups is 1. The van der Waals surface area contributed by atoms with Crippen molar-refractivity contribution in [2.75, 3.05) is 13.7 Å². The van der Waals surface area contributed by atoms with Crippen LogP contribution in [-0.2, 0) is 27.1 Å². The van der Waals surface area contributed by atoms with Crippen molar-refractivity contribution in [1.29, 1.82) is 0 Å². The molecule has 8 nitrogen and oxygen atoms in total. The number of cyclic esters (lactones) is 1. The second-order valence-corrected chi connectivity index (χ2v) is 15.8. The fraction of sp³-hybridized carbons (Fsp3) is 0.550. The molecular formula is C20H31O8PSi. The van der Waals surface area contributed by atoms with Crippen molar-refractivity contribution >= 4 is 21.6 Å². The molecular weight excluding hydrogens is 427 g/mol. The van der Waals surface area contributed by atoms with E-state index in [1.54, 1.807) is 0 Å². The Kier molecular flexibility index (Phi) is 7.58. The van der Waals surface area contributed by atoms with Crippen LogP contribution in [0.2, 0.25) is 19.6 Å². The van der Waals surface area contributed by atoms with Gasteiger partial charge in [-0.05, 0) is 30.9 Å². The van der Waals surface area contributed by atoms with E-state index in [4.69, 9.17) is 14.2 Å². The Morgan fingerprint density at radius 1 is 1.33 bits per heavy atom. The topological polar surface area (TPSA) is 123 Å². The first-order valence-corrected chi connectivity index (χ1v) is 15.0. The van der Waals surface area contributed by atoms with E-state index in [0.29, 0.717) is 23.3 Å². The third-order valence-electron chi connectivity index (χ3n) is 5.17. The predicted molar refractivity (Wildman–Crippen MR) is 116 cm³/mol. The van der Waals surface area contributed by atoms with Crippen LogP contribution in [0.15, 0.2) is 11.6 Å². The Balaban J connectivity index is 2.31. The molecule has 1 aromatic carbocycles. The lowest BCUT2D eigenvalue weighted by Gasteiger charge is -2.29. The lowest BCUT2D eigenvalue weighted by Crippen LogP contribution is -2.40. The molecule has 2 rings (SSSR count). The molecule has 1 aliphatic heterocycles. The Bertz CT molecular complexity index is 897. The molecule has 30 heavy (non-hydrogen) atoms. The summed E-state index contributed by atoms with van der Waals surface area (Å²) >= 11 is 0. The molecule has 0 saturated heterocycles. The second-order valence-electron chi connectivity index (χ2n) is 8.45. The summed E-state index contributed by atoms with van der Waals surface area (Å²) in [4.78, 5) is 31.4. The minimum absolute atomic E-state index is 0.0750. The molecule has 1 atom stereocenters. The standard InChI is InChI=1S/C20H31O8PSi/c1-7-13(10-28-20(29(23,24)25)30(4,5)6)8-9-14-17(21)16-15(11-27-19(16)22)12(2)18(14)26-3/h8,20-21H,7,9-11H2,1-6H3,(H2,23,24,25). The van der Waals surface area contributed by atoms with Crippen molar-refractivity contribution in [3.8, 4) is 11.5 Å². The number of aromatic hydroxyl groups is 1. The Labute approximate surface area is 178 Å². The number of ether oxygens (including phenoxy) is 3. The lowest BCUT2D eigenvalue weighted by molar-refractivity contribution is 0.0533.